The van der Waals surface area contributed by atoms with Gasteiger partial charge in [-0.1, -0.05) is 12.1 Å². The maximum Gasteiger partial charge on any atom is 0.255 e. The smallest absolute Gasteiger partial charge is 0.255 e. The Morgan fingerprint density at radius 3 is 2.57 bits per heavy atom. The molecule has 2 aliphatic rings. The van der Waals surface area contributed by atoms with E-state index < -0.39 is 0 Å². The van der Waals surface area contributed by atoms with Crippen molar-refractivity contribution in [2.45, 2.75) is 25.4 Å². The average Bonchev–Trinajstić information content (AvgIpc) is 3.23. The second kappa shape index (κ2) is 9.28. The summed E-state index contributed by atoms with van der Waals surface area (Å²) in [5, 5.41) is 2.97. The lowest BCUT2D eigenvalue weighted by Gasteiger charge is -2.28. The van der Waals surface area contributed by atoms with Gasteiger partial charge in [0.1, 0.15) is 0 Å². The van der Waals surface area contributed by atoms with Gasteiger partial charge in [-0.25, -0.2) is 0 Å². The minimum Gasteiger partial charge on any atom is -0.378 e. The Bertz CT molecular complexity index is 894. The van der Waals surface area contributed by atoms with Crippen LogP contribution in [0.3, 0.4) is 0 Å². The monoisotopic (exact) mass is 408 g/mol. The van der Waals surface area contributed by atoms with Crippen LogP contribution >= 0.6 is 0 Å². The van der Waals surface area contributed by atoms with Gasteiger partial charge in [-0.2, -0.15) is 0 Å². The molecule has 7 nitrogen and oxygen atoms in total. The van der Waals surface area contributed by atoms with Crippen molar-refractivity contribution in [2.75, 3.05) is 43.1 Å². The number of morpholine rings is 1. The first kappa shape index (κ1) is 20.4. The number of benzene rings is 2. The average molecular weight is 409 g/mol. The Labute approximate surface area is 176 Å². The molecule has 2 aromatic rings. The molecule has 1 unspecified atom stereocenters. The first-order valence-electron chi connectivity index (χ1n) is 10.5. The molecule has 2 aromatic carbocycles. The van der Waals surface area contributed by atoms with Crippen molar-refractivity contribution in [3.8, 4) is 0 Å². The molecule has 0 aliphatic carbocycles. The molecular weight excluding hydrogens is 380 g/mol. The molecule has 0 bridgehead atoms. The normalized spacial score (nSPS) is 19.6. The number of amides is 2. The molecule has 158 valence electrons. The highest BCUT2D eigenvalue weighted by molar-refractivity contribution is 6.04. The largest absolute Gasteiger partial charge is 0.378 e. The van der Waals surface area contributed by atoms with Crippen LogP contribution in [-0.2, 0) is 16.1 Å². The van der Waals surface area contributed by atoms with Crippen molar-refractivity contribution >= 4 is 23.2 Å². The van der Waals surface area contributed by atoms with Gasteiger partial charge >= 0.3 is 0 Å². The van der Waals surface area contributed by atoms with Crippen molar-refractivity contribution in [2.24, 2.45) is 5.73 Å². The van der Waals surface area contributed by atoms with E-state index in [0.29, 0.717) is 12.1 Å². The Morgan fingerprint density at radius 2 is 1.83 bits per heavy atom. The minimum atomic E-state index is -0.266. The van der Waals surface area contributed by atoms with Crippen molar-refractivity contribution in [3.05, 3.63) is 59.7 Å². The summed E-state index contributed by atoms with van der Waals surface area (Å²) < 4.78 is 5.39. The zero-order valence-electron chi connectivity index (χ0n) is 17.0. The van der Waals surface area contributed by atoms with Crippen LogP contribution in [0.25, 0.3) is 0 Å². The van der Waals surface area contributed by atoms with E-state index in [-0.39, 0.29) is 17.9 Å². The Hall–Kier alpha value is -2.90. The molecule has 0 aromatic heterocycles. The van der Waals surface area contributed by atoms with Crippen LogP contribution in [0.1, 0.15) is 28.8 Å². The molecule has 2 fully saturated rings. The first-order valence-corrected chi connectivity index (χ1v) is 10.5. The molecule has 1 atom stereocenters. The fourth-order valence-corrected chi connectivity index (χ4v) is 4.17. The predicted molar refractivity (Wildman–Crippen MR) is 116 cm³/mol. The SMILES string of the molecule is NC(=O)C1CCCN1Cc1cccc(NC(=O)c2ccc(N3CCOCC3)cc2)c1. The number of primary amides is 1. The molecule has 2 amide bonds. The molecular formula is C23H28N4O3. The minimum absolute atomic E-state index is 0.142. The van der Waals surface area contributed by atoms with E-state index >= 15 is 0 Å². The highest BCUT2D eigenvalue weighted by Crippen LogP contribution is 2.22. The third-order valence-corrected chi connectivity index (χ3v) is 5.77. The van der Waals surface area contributed by atoms with Crippen molar-refractivity contribution in [1.82, 2.24) is 4.90 Å². The number of nitrogens with one attached hydrogen (secondary N) is 1. The van der Waals surface area contributed by atoms with Gasteiger partial charge in [0.15, 0.2) is 0 Å². The summed E-state index contributed by atoms with van der Waals surface area (Å²) in [7, 11) is 0. The van der Waals surface area contributed by atoms with E-state index in [2.05, 4.69) is 15.1 Å². The number of carbonyl (C=O) groups is 2. The molecule has 0 radical (unpaired) electrons. The number of ether oxygens (including phenoxy) is 1. The number of rotatable bonds is 6. The van der Waals surface area contributed by atoms with Gasteiger partial charge in [0, 0.05) is 36.6 Å². The van der Waals surface area contributed by atoms with Gasteiger partial charge in [-0.15, -0.1) is 0 Å². The molecule has 2 saturated heterocycles. The summed E-state index contributed by atoms with van der Waals surface area (Å²) in [5.74, 6) is -0.408. The number of anilines is 2. The van der Waals surface area contributed by atoms with E-state index in [1.165, 1.54) is 0 Å². The van der Waals surface area contributed by atoms with Gasteiger partial charge in [0.2, 0.25) is 5.91 Å². The molecule has 0 saturated carbocycles. The molecule has 3 N–H and O–H groups in total. The van der Waals surface area contributed by atoms with Gasteiger partial charge in [0.25, 0.3) is 5.91 Å². The fraction of sp³-hybridized carbons (Fsp3) is 0.391. The third-order valence-electron chi connectivity index (χ3n) is 5.77. The number of hydrogen-bond donors (Lipinski definition) is 2. The van der Waals surface area contributed by atoms with Crippen molar-refractivity contribution in [1.29, 1.82) is 0 Å². The number of likely N-dealkylation sites (tertiary alicyclic amines) is 1. The van der Waals surface area contributed by atoms with Crippen molar-refractivity contribution in [3.63, 3.8) is 0 Å². The molecule has 2 aliphatic heterocycles. The number of nitrogens with zero attached hydrogens (tertiary/aromatic N) is 2. The Kier molecular flexibility index (Phi) is 6.30. The van der Waals surface area contributed by atoms with Crippen LogP contribution in [0, 0.1) is 0 Å². The Balaban J connectivity index is 1.38. The summed E-state index contributed by atoms with van der Waals surface area (Å²) in [6.07, 6.45) is 1.79. The number of carbonyl (C=O) groups excluding carboxylic acids is 2. The maximum atomic E-state index is 12.7. The van der Waals surface area contributed by atoms with Crippen LogP contribution in [0.5, 0.6) is 0 Å². The summed E-state index contributed by atoms with van der Waals surface area (Å²) >= 11 is 0. The maximum absolute atomic E-state index is 12.7. The van der Waals surface area contributed by atoms with Crippen LogP contribution in [0.15, 0.2) is 48.5 Å². The van der Waals surface area contributed by atoms with E-state index in [1.54, 1.807) is 0 Å². The standard InChI is InChI=1S/C23H28N4O3/c24-22(28)21-5-2-10-27(21)16-17-3-1-4-19(15-17)25-23(29)18-6-8-20(9-7-18)26-11-13-30-14-12-26/h1,3-4,6-9,15,21H,2,5,10-14,16H2,(H2,24,28)(H,25,29). The van der Waals surface area contributed by atoms with Gasteiger partial charge < -0.3 is 20.7 Å². The highest BCUT2D eigenvalue weighted by atomic mass is 16.5. The zero-order chi connectivity index (χ0) is 20.9. The molecule has 4 rings (SSSR count). The molecule has 0 spiro atoms. The van der Waals surface area contributed by atoms with E-state index in [0.717, 1.165) is 62.6 Å². The Morgan fingerprint density at radius 1 is 1.07 bits per heavy atom. The molecule has 7 heteroatoms. The topological polar surface area (TPSA) is 87.9 Å². The van der Waals surface area contributed by atoms with Crippen LogP contribution in [-0.4, -0.2) is 55.6 Å². The van der Waals surface area contributed by atoms with Gasteiger partial charge in [-0.3, -0.25) is 14.5 Å². The van der Waals surface area contributed by atoms with E-state index in [1.807, 2.05) is 48.5 Å². The van der Waals surface area contributed by atoms with E-state index in [9.17, 15) is 9.59 Å². The fourth-order valence-electron chi connectivity index (χ4n) is 4.17. The van der Waals surface area contributed by atoms with Gasteiger partial charge in [-0.05, 0) is 61.3 Å². The molecule has 2 heterocycles. The van der Waals surface area contributed by atoms with Gasteiger partial charge in [0.05, 0.1) is 19.3 Å². The third kappa shape index (κ3) is 4.80. The quantitative estimate of drug-likeness (QED) is 0.765. The summed E-state index contributed by atoms with van der Waals surface area (Å²) in [4.78, 5) is 28.7. The lowest BCUT2D eigenvalue weighted by Crippen LogP contribution is -2.39. The lowest BCUT2D eigenvalue weighted by molar-refractivity contribution is -0.122. The summed E-state index contributed by atoms with van der Waals surface area (Å²) in [6.45, 7) is 4.70. The van der Waals surface area contributed by atoms with E-state index in [4.69, 9.17) is 10.5 Å². The highest BCUT2D eigenvalue weighted by Gasteiger charge is 2.28. The zero-order valence-corrected chi connectivity index (χ0v) is 17.0. The van der Waals surface area contributed by atoms with Crippen LogP contribution in [0.4, 0.5) is 11.4 Å². The molecule has 30 heavy (non-hydrogen) atoms. The van der Waals surface area contributed by atoms with Crippen LogP contribution < -0.4 is 16.0 Å². The lowest BCUT2D eigenvalue weighted by atomic mass is 10.1. The second-order valence-corrected chi connectivity index (χ2v) is 7.83. The predicted octanol–water partition coefficient (Wildman–Crippen LogP) is 2.23. The number of hydrogen-bond acceptors (Lipinski definition) is 5. The second-order valence-electron chi connectivity index (χ2n) is 7.83. The summed E-state index contributed by atoms with van der Waals surface area (Å²) in [5.41, 5.74) is 9.02. The number of nitrogens with two attached hydrogens (primary N) is 1. The summed E-state index contributed by atoms with van der Waals surface area (Å²) in [6, 6.07) is 15.2. The van der Waals surface area contributed by atoms with Crippen molar-refractivity contribution < 1.29 is 14.3 Å². The van der Waals surface area contributed by atoms with Crippen LogP contribution in [0.2, 0.25) is 0 Å². The first-order chi connectivity index (χ1) is 14.6.